The lowest BCUT2D eigenvalue weighted by molar-refractivity contribution is -0.402. The van der Waals surface area contributed by atoms with Gasteiger partial charge in [-0.25, -0.2) is 0 Å². The summed E-state index contributed by atoms with van der Waals surface area (Å²) >= 11 is 0. The van der Waals surface area contributed by atoms with Gasteiger partial charge in [-0.05, 0) is 0 Å². The van der Waals surface area contributed by atoms with Gasteiger partial charge in [0, 0.05) is 0 Å². The first-order chi connectivity index (χ1) is 3.27. The van der Waals surface area contributed by atoms with Crippen molar-refractivity contribution in [2.24, 2.45) is 0 Å². The Kier molecular flexibility index (Phi) is 2.29. The second kappa shape index (κ2) is 2.85. The van der Waals surface area contributed by atoms with E-state index in [4.69, 9.17) is 5.26 Å². The van der Waals surface area contributed by atoms with Crippen molar-refractivity contribution in [2.45, 2.75) is 0 Å². The number of nitrogens with zero attached hydrogens (tertiary/aromatic N) is 2. The number of nitro groups is 1. The highest BCUT2D eigenvalue weighted by atomic mass is 16.6. The van der Waals surface area contributed by atoms with Crippen LogP contribution in [0.5, 0.6) is 0 Å². The molecule has 0 saturated carbocycles. The number of hydrogen-bond acceptors (Lipinski definition) is 3. The van der Waals surface area contributed by atoms with E-state index in [1.165, 1.54) is 6.07 Å². The predicted octanol–water partition coefficient (Wildman–Crippen LogP) is 0.300. The highest BCUT2D eigenvalue weighted by molar-refractivity contribution is 4.96. The quantitative estimate of drug-likeness (QED) is 0.269. The summed E-state index contributed by atoms with van der Waals surface area (Å²) in [7, 11) is 0. The molecule has 0 rings (SSSR count). The summed E-state index contributed by atoms with van der Waals surface area (Å²) in [5.74, 6) is 0. The number of hydrogen-bond donors (Lipinski definition) is 0. The van der Waals surface area contributed by atoms with Gasteiger partial charge in [-0.1, -0.05) is 0 Å². The Bertz CT molecular complexity index is 132. The van der Waals surface area contributed by atoms with Gasteiger partial charge in [0.25, 0.3) is 0 Å². The van der Waals surface area contributed by atoms with Gasteiger partial charge in [-0.15, -0.1) is 0 Å². The second-order valence-corrected chi connectivity index (χ2v) is 0.730. The van der Waals surface area contributed by atoms with Crippen LogP contribution in [0.15, 0.2) is 12.3 Å². The molecule has 0 aliphatic heterocycles. The molecule has 0 atom stereocenters. The Morgan fingerprint density at radius 1 is 1.86 bits per heavy atom. The summed E-state index contributed by atoms with van der Waals surface area (Å²) in [6, 6.07) is 1.48. The maximum absolute atomic E-state index is 9.33. The van der Waals surface area contributed by atoms with E-state index in [0.29, 0.717) is 6.20 Å². The minimum absolute atomic E-state index is 0.583. The summed E-state index contributed by atoms with van der Waals surface area (Å²) in [6.07, 6.45) is 1.39. The van der Waals surface area contributed by atoms with Crippen molar-refractivity contribution >= 4 is 0 Å². The Hall–Kier alpha value is -1.37. The number of nitriles is 1. The molecule has 0 unspecified atom stereocenters. The fourth-order valence-corrected chi connectivity index (χ4v) is 0.0942. The third-order valence-corrected chi connectivity index (χ3v) is 0.271. The summed E-state index contributed by atoms with van der Waals surface area (Å²) < 4.78 is 0. The topological polar surface area (TPSA) is 66.9 Å². The molecule has 0 fully saturated rings. The molecule has 0 heterocycles. The average Bonchev–Trinajstić information content (AvgIpc) is 1.61. The predicted molar refractivity (Wildman–Crippen MR) is 21.7 cm³/mol. The largest absolute Gasteiger partial charge is 0.259 e. The van der Waals surface area contributed by atoms with Crippen molar-refractivity contribution in [3.8, 4) is 6.07 Å². The van der Waals surface area contributed by atoms with E-state index in [2.05, 4.69) is 0 Å². The minimum Gasteiger partial charge on any atom is -0.259 e. The maximum atomic E-state index is 9.33. The van der Waals surface area contributed by atoms with Gasteiger partial charge in [-0.2, -0.15) is 5.26 Å². The maximum Gasteiger partial charge on any atom is 0.244 e. The Morgan fingerprint density at radius 3 is 2.57 bits per heavy atom. The summed E-state index contributed by atoms with van der Waals surface area (Å²) in [5.41, 5.74) is 0. The molecule has 0 amide bonds. The number of allylic oxidation sites excluding steroid dienone is 1. The smallest absolute Gasteiger partial charge is 0.244 e. The number of rotatable bonds is 1. The first kappa shape index (κ1) is 5.63. The molecule has 0 radical (unpaired) electrons. The zero-order valence-electron chi connectivity index (χ0n) is 3.37. The van der Waals surface area contributed by atoms with E-state index in [0.717, 1.165) is 6.08 Å². The van der Waals surface area contributed by atoms with Gasteiger partial charge < -0.3 is 0 Å². The summed E-state index contributed by atoms with van der Waals surface area (Å²) in [6.45, 7) is 0. The van der Waals surface area contributed by atoms with Crippen molar-refractivity contribution in [3.63, 3.8) is 0 Å². The Balaban J connectivity index is 3.53. The molecule has 0 aliphatic carbocycles. The second-order valence-electron chi connectivity index (χ2n) is 0.730. The molecular weight excluding hydrogens is 96.0 g/mol. The lowest BCUT2D eigenvalue weighted by Gasteiger charge is -1.68. The Labute approximate surface area is 39.8 Å². The highest BCUT2D eigenvalue weighted by Crippen LogP contribution is 1.67. The third-order valence-electron chi connectivity index (χ3n) is 0.271. The van der Waals surface area contributed by atoms with Crippen LogP contribution in [0.1, 0.15) is 0 Å². The molecule has 0 spiro atoms. The van der Waals surface area contributed by atoms with Crippen LogP contribution < -0.4 is 0 Å². The monoisotopic (exact) mass is 98.0 g/mol. The van der Waals surface area contributed by atoms with Gasteiger partial charge in [0.05, 0.1) is 17.1 Å². The fraction of sp³-hybridized carbons (Fsp3) is 0. The normalized spacial score (nSPS) is 8.43. The van der Waals surface area contributed by atoms with Crippen LogP contribution >= 0.6 is 0 Å². The zero-order chi connectivity index (χ0) is 5.70. The lowest BCUT2D eigenvalue weighted by atomic mass is 10.7. The molecule has 7 heavy (non-hydrogen) atoms. The van der Waals surface area contributed by atoms with E-state index < -0.39 is 4.92 Å². The highest BCUT2D eigenvalue weighted by Gasteiger charge is 1.77. The Morgan fingerprint density at radius 2 is 2.43 bits per heavy atom. The van der Waals surface area contributed by atoms with E-state index in [1.54, 1.807) is 0 Å². The van der Waals surface area contributed by atoms with Crippen LogP contribution in [0, 0.1) is 21.4 Å². The van der Waals surface area contributed by atoms with Crippen LogP contribution in [0.3, 0.4) is 0 Å². The third kappa shape index (κ3) is 4.63. The fourth-order valence-electron chi connectivity index (χ4n) is 0.0942. The molecule has 0 aromatic heterocycles. The molecule has 4 heteroatoms. The van der Waals surface area contributed by atoms with Crippen molar-refractivity contribution in [2.75, 3.05) is 0 Å². The van der Waals surface area contributed by atoms with E-state index in [9.17, 15) is 10.1 Å². The molecule has 0 N–H and O–H groups in total. The zero-order valence-corrected chi connectivity index (χ0v) is 3.37. The summed E-state index contributed by atoms with van der Waals surface area (Å²) in [5, 5.41) is 17.0. The molecule has 0 aromatic carbocycles. The van der Waals surface area contributed by atoms with Crippen LogP contribution in [-0.2, 0) is 0 Å². The van der Waals surface area contributed by atoms with Crippen molar-refractivity contribution in [1.82, 2.24) is 0 Å². The van der Waals surface area contributed by atoms with E-state index in [1.807, 2.05) is 0 Å². The van der Waals surface area contributed by atoms with Crippen LogP contribution in [0.2, 0.25) is 0 Å². The van der Waals surface area contributed by atoms with Crippen LogP contribution in [0.4, 0.5) is 0 Å². The minimum atomic E-state index is -0.691. The molecule has 0 saturated heterocycles. The van der Waals surface area contributed by atoms with Gasteiger partial charge >= 0.3 is 0 Å². The van der Waals surface area contributed by atoms with E-state index in [-0.39, 0.29) is 0 Å². The van der Waals surface area contributed by atoms with Gasteiger partial charge in [0.2, 0.25) is 6.20 Å². The lowest BCUT2D eigenvalue weighted by Crippen LogP contribution is -1.79. The average molecular weight is 98.1 g/mol. The van der Waals surface area contributed by atoms with Crippen molar-refractivity contribution in [1.29, 1.82) is 5.26 Å². The van der Waals surface area contributed by atoms with Crippen molar-refractivity contribution < 1.29 is 4.92 Å². The van der Waals surface area contributed by atoms with Crippen LogP contribution in [0.25, 0.3) is 0 Å². The SMILES string of the molecule is N#C/C=C\[N+](=O)[O-]. The standard InChI is InChI=1S/C3H2N2O2/c4-2-1-3-5(6)7/h1,3H/b3-1-. The van der Waals surface area contributed by atoms with Crippen molar-refractivity contribution in [3.05, 3.63) is 22.4 Å². The van der Waals surface area contributed by atoms with Gasteiger partial charge in [0.15, 0.2) is 0 Å². The first-order valence-electron chi connectivity index (χ1n) is 1.47. The molecular formula is C3H2N2O2. The van der Waals surface area contributed by atoms with Gasteiger partial charge in [0.1, 0.15) is 0 Å². The molecule has 4 nitrogen and oxygen atoms in total. The molecule has 0 bridgehead atoms. The van der Waals surface area contributed by atoms with Gasteiger partial charge in [-0.3, -0.25) is 10.1 Å². The summed E-state index contributed by atoms with van der Waals surface area (Å²) in [4.78, 5) is 8.63. The molecule has 0 aliphatic rings. The van der Waals surface area contributed by atoms with E-state index >= 15 is 0 Å². The molecule has 0 aromatic rings. The molecule has 36 valence electrons. The van der Waals surface area contributed by atoms with Crippen LogP contribution in [-0.4, -0.2) is 4.92 Å². The first-order valence-corrected chi connectivity index (χ1v) is 1.47.